The van der Waals surface area contributed by atoms with Crippen LogP contribution in [0.5, 0.6) is 0 Å². The highest BCUT2D eigenvalue weighted by molar-refractivity contribution is 7.17. The molecule has 0 unspecified atom stereocenters. The average Bonchev–Trinajstić information content (AvgIpc) is 3.20. The number of halogens is 1. The van der Waals surface area contributed by atoms with Gasteiger partial charge in [-0.15, -0.1) is 11.3 Å². The Labute approximate surface area is 154 Å². The first-order valence-electron chi connectivity index (χ1n) is 7.97. The van der Waals surface area contributed by atoms with Crippen LogP contribution in [-0.2, 0) is 16.8 Å². The van der Waals surface area contributed by atoms with Crippen molar-refractivity contribution in [1.82, 2.24) is 15.1 Å². The van der Waals surface area contributed by atoms with Gasteiger partial charge in [-0.2, -0.15) is 4.98 Å². The van der Waals surface area contributed by atoms with Gasteiger partial charge in [-0.25, -0.2) is 14.2 Å². The van der Waals surface area contributed by atoms with Gasteiger partial charge in [-0.05, 0) is 31.2 Å². The summed E-state index contributed by atoms with van der Waals surface area (Å²) in [6.07, 6.45) is 0. The van der Waals surface area contributed by atoms with Crippen molar-refractivity contribution in [2.24, 2.45) is 0 Å². The van der Waals surface area contributed by atoms with Crippen molar-refractivity contribution < 1.29 is 18.4 Å². The topological polar surface area (TPSA) is 78.1 Å². The molecule has 136 valence electrons. The molecule has 0 aliphatic rings. The van der Waals surface area contributed by atoms with Gasteiger partial charge in [0.05, 0.1) is 5.69 Å². The molecule has 0 aliphatic carbocycles. The number of ether oxygens (including phenoxy) is 1. The quantitative estimate of drug-likeness (QED) is 0.633. The molecule has 0 atom stereocenters. The lowest BCUT2D eigenvalue weighted by molar-refractivity contribution is 0.0434. The van der Waals surface area contributed by atoms with E-state index in [0.29, 0.717) is 21.4 Å². The van der Waals surface area contributed by atoms with Crippen molar-refractivity contribution in [2.45, 2.75) is 39.7 Å². The highest BCUT2D eigenvalue weighted by Gasteiger charge is 2.22. The van der Waals surface area contributed by atoms with Crippen LogP contribution >= 0.6 is 11.3 Å². The standard InChI is InChI=1S/C18H18FN3O3S/c1-10-14(26-15(20-10)11-5-7-12(19)8-6-11)16(23)24-9-13-21-17(22-25-13)18(2,3)4/h5-8H,9H2,1-4H3. The molecule has 0 bridgehead atoms. The number of thiazole rings is 1. The first-order chi connectivity index (χ1) is 12.2. The maximum absolute atomic E-state index is 13.0. The minimum Gasteiger partial charge on any atom is -0.451 e. The summed E-state index contributed by atoms with van der Waals surface area (Å²) in [4.78, 5) is 21.3. The maximum Gasteiger partial charge on any atom is 0.350 e. The van der Waals surface area contributed by atoms with Gasteiger partial charge >= 0.3 is 5.97 Å². The summed E-state index contributed by atoms with van der Waals surface area (Å²) >= 11 is 1.20. The monoisotopic (exact) mass is 375 g/mol. The Morgan fingerprint density at radius 2 is 1.92 bits per heavy atom. The maximum atomic E-state index is 13.0. The van der Waals surface area contributed by atoms with Crippen molar-refractivity contribution in [2.75, 3.05) is 0 Å². The number of benzene rings is 1. The van der Waals surface area contributed by atoms with E-state index in [1.54, 1.807) is 19.1 Å². The van der Waals surface area contributed by atoms with Gasteiger partial charge in [0.2, 0.25) is 0 Å². The van der Waals surface area contributed by atoms with Crippen LogP contribution in [0.25, 0.3) is 10.6 Å². The van der Waals surface area contributed by atoms with Gasteiger partial charge in [0.1, 0.15) is 15.7 Å². The lowest BCUT2D eigenvalue weighted by atomic mass is 9.96. The second-order valence-corrected chi connectivity index (χ2v) is 7.78. The molecule has 8 heteroatoms. The van der Waals surface area contributed by atoms with Crippen LogP contribution in [0.2, 0.25) is 0 Å². The Kier molecular flexibility index (Phi) is 4.86. The van der Waals surface area contributed by atoms with Crippen LogP contribution < -0.4 is 0 Å². The molecule has 0 aliphatic heterocycles. The first kappa shape index (κ1) is 18.2. The summed E-state index contributed by atoms with van der Waals surface area (Å²) in [6.45, 7) is 7.51. The van der Waals surface area contributed by atoms with Crippen LogP contribution in [-0.4, -0.2) is 21.1 Å². The molecule has 3 aromatic rings. The van der Waals surface area contributed by atoms with E-state index >= 15 is 0 Å². The predicted octanol–water partition coefficient (Wildman–Crippen LogP) is 4.30. The Morgan fingerprint density at radius 3 is 2.54 bits per heavy atom. The van der Waals surface area contributed by atoms with Gasteiger partial charge in [0.25, 0.3) is 5.89 Å². The number of carbonyl (C=O) groups excluding carboxylic acids is 1. The Hall–Kier alpha value is -2.61. The van der Waals surface area contributed by atoms with Crippen molar-refractivity contribution in [3.63, 3.8) is 0 Å². The molecular formula is C18H18FN3O3S. The van der Waals surface area contributed by atoms with E-state index in [1.807, 2.05) is 20.8 Å². The van der Waals surface area contributed by atoms with Crippen LogP contribution in [0.1, 0.15) is 47.9 Å². The molecule has 26 heavy (non-hydrogen) atoms. The van der Waals surface area contributed by atoms with E-state index < -0.39 is 5.97 Å². The molecule has 0 fully saturated rings. The average molecular weight is 375 g/mol. The summed E-state index contributed by atoms with van der Waals surface area (Å²) in [7, 11) is 0. The fourth-order valence-electron chi connectivity index (χ4n) is 2.11. The number of aromatic nitrogens is 3. The zero-order chi connectivity index (χ0) is 18.9. The molecule has 0 amide bonds. The van der Waals surface area contributed by atoms with Crippen molar-refractivity contribution in [3.8, 4) is 10.6 Å². The molecular weight excluding hydrogens is 357 g/mol. The third-order valence-corrected chi connectivity index (χ3v) is 4.73. The molecule has 0 radical (unpaired) electrons. The van der Waals surface area contributed by atoms with E-state index in [2.05, 4.69) is 15.1 Å². The number of rotatable bonds is 4. The lowest BCUT2D eigenvalue weighted by Crippen LogP contribution is -2.13. The third-order valence-electron chi connectivity index (χ3n) is 3.54. The normalized spacial score (nSPS) is 11.6. The zero-order valence-electron chi connectivity index (χ0n) is 14.9. The molecule has 0 N–H and O–H groups in total. The molecule has 2 aromatic heterocycles. The number of hydrogen-bond donors (Lipinski definition) is 0. The van der Waals surface area contributed by atoms with Gasteiger partial charge in [0.15, 0.2) is 12.4 Å². The molecule has 0 saturated carbocycles. The summed E-state index contributed by atoms with van der Waals surface area (Å²) < 4.78 is 23.4. The van der Waals surface area contributed by atoms with Gasteiger partial charge in [-0.1, -0.05) is 25.9 Å². The highest BCUT2D eigenvalue weighted by atomic mass is 32.1. The number of aryl methyl sites for hydroxylation is 1. The van der Waals surface area contributed by atoms with E-state index in [9.17, 15) is 9.18 Å². The summed E-state index contributed by atoms with van der Waals surface area (Å²) in [5.74, 6) is -0.0416. The second kappa shape index (κ2) is 6.95. The molecule has 0 spiro atoms. The Balaban J connectivity index is 1.70. The fraction of sp³-hybridized carbons (Fsp3) is 0.333. The Bertz CT molecular complexity index is 926. The molecule has 2 heterocycles. The minimum atomic E-state index is -0.510. The summed E-state index contributed by atoms with van der Waals surface area (Å²) in [6, 6.07) is 5.95. The molecule has 6 nitrogen and oxygen atoms in total. The lowest BCUT2D eigenvalue weighted by Gasteiger charge is -2.10. The largest absolute Gasteiger partial charge is 0.451 e. The van der Waals surface area contributed by atoms with Gasteiger partial charge in [-0.3, -0.25) is 0 Å². The Morgan fingerprint density at radius 1 is 1.23 bits per heavy atom. The second-order valence-electron chi connectivity index (χ2n) is 6.78. The van der Waals surface area contributed by atoms with E-state index in [-0.39, 0.29) is 23.7 Å². The number of hydrogen-bond acceptors (Lipinski definition) is 7. The third kappa shape index (κ3) is 3.96. The van der Waals surface area contributed by atoms with E-state index in [0.717, 1.165) is 5.56 Å². The molecule has 3 rings (SSSR count). The van der Waals surface area contributed by atoms with Gasteiger partial charge in [0, 0.05) is 11.0 Å². The van der Waals surface area contributed by atoms with Crippen LogP contribution in [0, 0.1) is 12.7 Å². The molecule has 1 aromatic carbocycles. The fourth-order valence-corrected chi connectivity index (χ4v) is 3.08. The zero-order valence-corrected chi connectivity index (χ0v) is 15.7. The SMILES string of the molecule is Cc1nc(-c2ccc(F)cc2)sc1C(=O)OCc1nc(C(C)(C)C)no1. The minimum absolute atomic E-state index is 0.106. The summed E-state index contributed by atoms with van der Waals surface area (Å²) in [5.41, 5.74) is 1.05. The predicted molar refractivity (Wildman–Crippen MR) is 94.4 cm³/mol. The number of nitrogens with zero attached hydrogens (tertiary/aromatic N) is 3. The first-order valence-corrected chi connectivity index (χ1v) is 8.79. The summed E-state index contributed by atoms with van der Waals surface area (Å²) in [5, 5.41) is 4.52. The van der Waals surface area contributed by atoms with E-state index in [4.69, 9.17) is 9.26 Å². The van der Waals surface area contributed by atoms with Crippen LogP contribution in [0.3, 0.4) is 0 Å². The van der Waals surface area contributed by atoms with Crippen LogP contribution in [0.4, 0.5) is 4.39 Å². The molecule has 0 saturated heterocycles. The van der Waals surface area contributed by atoms with Crippen LogP contribution in [0.15, 0.2) is 28.8 Å². The van der Waals surface area contributed by atoms with E-state index in [1.165, 1.54) is 23.5 Å². The highest BCUT2D eigenvalue weighted by Crippen LogP contribution is 2.28. The number of esters is 1. The smallest absolute Gasteiger partial charge is 0.350 e. The number of carbonyl (C=O) groups is 1. The van der Waals surface area contributed by atoms with Crippen molar-refractivity contribution >= 4 is 17.3 Å². The van der Waals surface area contributed by atoms with Gasteiger partial charge < -0.3 is 9.26 Å². The van der Waals surface area contributed by atoms with Crippen molar-refractivity contribution in [1.29, 1.82) is 0 Å². The van der Waals surface area contributed by atoms with Crippen molar-refractivity contribution in [3.05, 3.63) is 52.4 Å².